The maximum atomic E-state index is 12.2. The molecule has 4 heterocycles. The molecular weight excluding hydrogens is 356 g/mol. The second-order valence-electron chi connectivity index (χ2n) is 7.24. The molecule has 0 spiro atoms. The van der Waals surface area contributed by atoms with Crippen molar-refractivity contribution < 1.29 is 0 Å². The summed E-state index contributed by atoms with van der Waals surface area (Å²) in [5.74, 6) is 0.973. The second kappa shape index (κ2) is 7.74. The van der Waals surface area contributed by atoms with Crippen LogP contribution in [0.3, 0.4) is 0 Å². The smallest absolute Gasteiger partial charge is 0.251 e. The van der Waals surface area contributed by atoms with Gasteiger partial charge in [-0.3, -0.25) is 14.7 Å². The number of rotatable bonds is 4. The lowest BCUT2D eigenvalue weighted by atomic mass is 9.93. The van der Waals surface area contributed by atoms with E-state index < -0.39 is 0 Å². The third-order valence-electron chi connectivity index (χ3n) is 5.26. The number of thiophene rings is 1. The first-order chi connectivity index (χ1) is 13.1. The van der Waals surface area contributed by atoms with E-state index in [4.69, 9.17) is 4.98 Å². The molecule has 27 heavy (non-hydrogen) atoms. The van der Waals surface area contributed by atoms with Crippen molar-refractivity contribution >= 4 is 11.3 Å². The van der Waals surface area contributed by atoms with Gasteiger partial charge in [0.05, 0.1) is 5.69 Å². The minimum atomic E-state index is -0.0846. The summed E-state index contributed by atoms with van der Waals surface area (Å²) in [6.45, 7) is 7.48. The van der Waals surface area contributed by atoms with Gasteiger partial charge in [0.2, 0.25) is 0 Å². The lowest BCUT2D eigenvalue weighted by Crippen LogP contribution is -2.33. The lowest BCUT2D eigenvalue weighted by Gasteiger charge is -2.31. The van der Waals surface area contributed by atoms with Gasteiger partial charge in [-0.25, -0.2) is 4.98 Å². The monoisotopic (exact) mass is 380 g/mol. The van der Waals surface area contributed by atoms with Crippen molar-refractivity contribution in [3.8, 4) is 11.4 Å². The molecule has 3 aromatic rings. The molecule has 0 atom stereocenters. The number of nitrogens with zero attached hydrogens (tertiary/aromatic N) is 3. The summed E-state index contributed by atoms with van der Waals surface area (Å²) < 4.78 is 0. The number of piperidine rings is 1. The van der Waals surface area contributed by atoms with Gasteiger partial charge < -0.3 is 4.98 Å². The average molecular weight is 381 g/mol. The Morgan fingerprint density at radius 3 is 2.59 bits per heavy atom. The molecule has 0 aliphatic carbocycles. The Bertz CT molecular complexity index is 971. The number of aryl methyl sites for hydroxylation is 2. The van der Waals surface area contributed by atoms with Crippen LogP contribution in [0.25, 0.3) is 11.4 Å². The first kappa shape index (κ1) is 18.1. The van der Waals surface area contributed by atoms with Crippen LogP contribution < -0.4 is 5.56 Å². The summed E-state index contributed by atoms with van der Waals surface area (Å²) in [4.78, 5) is 29.1. The van der Waals surface area contributed by atoms with E-state index in [9.17, 15) is 4.79 Å². The van der Waals surface area contributed by atoms with Crippen LogP contribution in [0, 0.1) is 13.8 Å². The van der Waals surface area contributed by atoms with Crippen molar-refractivity contribution in [3.63, 3.8) is 0 Å². The van der Waals surface area contributed by atoms with Crippen molar-refractivity contribution in [2.24, 2.45) is 0 Å². The van der Waals surface area contributed by atoms with Crippen molar-refractivity contribution in [1.29, 1.82) is 0 Å². The standard InChI is InChI=1S/C21H24N4OS/c1-14-11-18(15(2)27-14)13-25-9-5-16(6-10-25)19-12-20(26)24-21(23-19)17-3-7-22-8-4-17/h3-4,7-8,11-12,16H,5-6,9-10,13H2,1-2H3,(H,23,24,26). The van der Waals surface area contributed by atoms with E-state index in [1.54, 1.807) is 18.5 Å². The molecule has 1 aliphatic heterocycles. The van der Waals surface area contributed by atoms with Gasteiger partial charge in [0.15, 0.2) is 0 Å². The van der Waals surface area contributed by atoms with E-state index in [0.717, 1.165) is 43.7 Å². The van der Waals surface area contributed by atoms with Gasteiger partial charge >= 0.3 is 0 Å². The number of pyridine rings is 1. The highest BCUT2D eigenvalue weighted by atomic mass is 32.1. The van der Waals surface area contributed by atoms with Gasteiger partial charge in [0, 0.05) is 46.2 Å². The average Bonchev–Trinajstić information content (AvgIpc) is 2.99. The number of aromatic amines is 1. The van der Waals surface area contributed by atoms with Crippen LogP contribution >= 0.6 is 11.3 Å². The first-order valence-corrected chi connectivity index (χ1v) is 10.2. The molecule has 4 rings (SSSR count). The highest BCUT2D eigenvalue weighted by Crippen LogP contribution is 2.29. The zero-order chi connectivity index (χ0) is 18.8. The van der Waals surface area contributed by atoms with Gasteiger partial charge in [-0.2, -0.15) is 0 Å². The van der Waals surface area contributed by atoms with E-state index in [2.05, 4.69) is 34.8 Å². The van der Waals surface area contributed by atoms with Gasteiger partial charge in [-0.15, -0.1) is 11.3 Å². The molecule has 3 aromatic heterocycles. The molecule has 0 bridgehead atoms. The Labute approximate surface area is 163 Å². The summed E-state index contributed by atoms with van der Waals surface area (Å²) >= 11 is 1.88. The molecular formula is C21H24N4OS. The summed E-state index contributed by atoms with van der Waals surface area (Å²) in [5.41, 5.74) is 3.17. The molecule has 1 saturated heterocycles. The largest absolute Gasteiger partial charge is 0.307 e. The Hall–Kier alpha value is -2.31. The first-order valence-electron chi connectivity index (χ1n) is 9.38. The fourth-order valence-corrected chi connectivity index (χ4v) is 4.74. The fraction of sp³-hybridized carbons (Fsp3) is 0.381. The highest BCUT2D eigenvalue weighted by Gasteiger charge is 2.23. The molecule has 1 fully saturated rings. The molecule has 5 nitrogen and oxygen atoms in total. The summed E-state index contributed by atoms with van der Waals surface area (Å²) in [7, 11) is 0. The van der Waals surface area contributed by atoms with Gasteiger partial charge in [-0.1, -0.05) is 0 Å². The van der Waals surface area contributed by atoms with E-state index in [0.29, 0.717) is 11.7 Å². The molecule has 0 aromatic carbocycles. The summed E-state index contributed by atoms with van der Waals surface area (Å²) in [6.07, 6.45) is 5.51. The third kappa shape index (κ3) is 4.17. The van der Waals surface area contributed by atoms with E-state index >= 15 is 0 Å². The van der Waals surface area contributed by atoms with E-state index in [-0.39, 0.29) is 5.56 Å². The van der Waals surface area contributed by atoms with Crippen LogP contribution in [0.4, 0.5) is 0 Å². The molecule has 1 aliphatic rings. The normalized spacial score (nSPS) is 15.9. The van der Waals surface area contributed by atoms with Gasteiger partial charge in [0.1, 0.15) is 5.82 Å². The van der Waals surface area contributed by atoms with Crippen molar-refractivity contribution in [2.75, 3.05) is 13.1 Å². The van der Waals surface area contributed by atoms with Crippen molar-refractivity contribution in [3.05, 3.63) is 68.0 Å². The molecule has 140 valence electrons. The van der Waals surface area contributed by atoms with Gasteiger partial charge in [0.25, 0.3) is 5.56 Å². The molecule has 1 N–H and O–H groups in total. The van der Waals surface area contributed by atoms with Crippen LogP contribution in [0.5, 0.6) is 0 Å². The predicted molar refractivity (Wildman–Crippen MR) is 109 cm³/mol. The van der Waals surface area contributed by atoms with Crippen molar-refractivity contribution in [1.82, 2.24) is 19.9 Å². The highest BCUT2D eigenvalue weighted by molar-refractivity contribution is 7.12. The topological polar surface area (TPSA) is 61.9 Å². The number of H-pyrrole nitrogens is 1. The van der Waals surface area contributed by atoms with E-state index in [1.807, 2.05) is 23.5 Å². The Kier molecular flexibility index (Phi) is 5.18. The fourth-order valence-electron chi connectivity index (χ4n) is 3.80. The number of likely N-dealkylation sites (tertiary alicyclic amines) is 1. The Morgan fingerprint density at radius 1 is 1.19 bits per heavy atom. The molecule has 0 amide bonds. The second-order valence-corrected chi connectivity index (χ2v) is 8.70. The summed E-state index contributed by atoms with van der Waals surface area (Å²) in [6, 6.07) is 7.72. The number of hydrogen-bond acceptors (Lipinski definition) is 5. The SMILES string of the molecule is Cc1cc(CN2CCC(c3cc(=O)[nH]c(-c4ccncc4)n3)CC2)c(C)s1. The van der Waals surface area contributed by atoms with Crippen LogP contribution in [0.2, 0.25) is 0 Å². The van der Waals surface area contributed by atoms with Crippen molar-refractivity contribution in [2.45, 2.75) is 39.2 Å². The number of hydrogen-bond donors (Lipinski definition) is 1. The predicted octanol–water partition coefficient (Wildman–Crippen LogP) is 3.89. The minimum Gasteiger partial charge on any atom is -0.307 e. The summed E-state index contributed by atoms with van der Waals surface area (Å²) in [5, 5.41) is 0. The Balaban J connectivity index is 1.46. The maximum Gasteiger partial charge on any atom is 0.251 e. The van der Waals surface area contributed by atoms with E-state index in [1.165, 1.54) is 15.3 Å². The van der Waals surface area contributed by atoms with Gasteiger partial charge in [-0.05, 0) is 63.5 Å². The quantitative estimate of drug-likeness (QED) is 0.746. The molecule has 0 unspecified atom stereocenters. The van der Waals surface area contributed by atoms with Crippen LogP contribution in [0.1, 0.15) is 39.8 Å². The lowest BCUT2D eigenvalue weighted by molar-refractivity contribution is 0.203. The molecule has 0 saturated carbocycles. The molecule has 6 heteroatoms. The van der Waals surface area contributed by atoms with Crippen LogP contribution in [-0.4, -0.2) is 32.9 Å². The number of nitrogens with one attached hydrogen (secondary N) is 1. The van der Waals surface area contributed by atoms with Crippen LogP contribution in [0.15, 0.2) is 41.5 Å². The zero-order valence-corrected chi connectivity index (χ0v) is 16.6. The minimum absolute atomic E-state index is 0.0846. The van der Waals surface area contributed by atoms with Crippen LogP contribution in [-0.2, 0) is 6.54 Å². The molecule has 0 radical (unpaired) electrons. The zero-order valence-electron chi connectivity index (χ0n) is 15.7. The Morgan fingerprint density at radius 2 is 1.93 bits per heavy atom. The number of aromatic nitrogens is 3. The maximum absolute atomic E-state index is 12.2. The third-order valence-corrected chi connectivity index (χ3v) is 6.27.